The predicted molar refractivity (Wildman–Crippen MR) is 93.8 cm³/mol. The third-order valence-corrected chi connectivity index (χ3v) is 5.93. The monoisotopic (exact) mass is 374 g/mol. The largest absolute Gasteiger partial charge is 0.465 e. The maximum Gasteiger partial charge on any atom is 0.337 e. The molecular formula is C16H23ClN2O4S. The van der Waals surface area contributed by atoms with E-state index in [1.165, 1.54) is 7.11 Å². The molecule has 2 unspecified atom stereocenters. The van der Waals surface area contributed by atoms with Crippen LogP contribution in [0.2, 0.25) is 0 Å². The van der Waals surface area contributed by atoms with Gasteiger partial charge in [-0.3, -0.25) is 0 Å². The highest BCUT2D eigenvalue weighted by Crippen LogP contribution is 2.27. The topological polar surface area (TPSA) is 84.5 Å². The second-order valence-electron chi connectivity index (χ2n) is 6.38. The molecule has 0 radical (unpaired) electrons. The molecule has 6 nitrogen and oxygen atoms in total. The van der Waals surface area contributed by atoms with Crippen molar-refractivity contribution in [2.75, 3.05) is 7.11 Å². The van der Waals surface area contributed by atoms with Crippen LogP contribution in [-0.4, -0.2) is 39.6 Å². The number of methoxy groups -OCH3 is 1. The van der Waals surface area contributed by atoms with E-state index in [1.54, 1.807) is 24.3 Å². The highest BCUT2D eigenvalue weighted by atomic mass is 35.5. The van der Waals surface area contributed by atoms with Gasteiger partial charge in [0.05, 0.1) is 18.4 Å². The van der Waals surface area contributed by atoms with E-state index in [0.29, 0.717) is 23.2 Å². The molecule has 8 heteroatoms. The third-order valence-electron chi connectivity index (χ3n) is 4.52. The Balaban J connectivity index is 0.00000208. The lowest BCUT2D eigenvalue weighted by molar-refractivity contribution is 0.0600. The van der Waals surface area contributed by atoms with Gasteiger partial charge >= 0.3 is 5.97 Å². The van der Waals surface area contributed by atoms with E-state index in [4.69, 9.17) is 0 Å². The maximum atomic E-state index is 12.4. The van der Waals surface area contributed by atoms with Crippen LogP contribution in [0.5, 0.6) is 0 Å². The summed E-state index contributed by atoms with van der Waals surface area (Å²) in [6.45, 7) is 0. The van der Waals surface area contributed by atoms with Gasteiger partial charge in [-0.2, -0.15) is 0 Å². The van der Waals surface area contributed by atoms with Gasteiger partial charge in [0.2, 0.25) is 10.0 Å². The van der Waals surface area contributed by atoms with Crippen LogP contribution < -0.4 is 10.0 Å². The SMILES string of the molecule is COC(=O)c1cccc(CS(=O)(=O)NC2CC3CCC(C2)N3)c1.Cl. The fraction of sp³-hybridized carbons (Fsp3) is 0.562. The zero-order chi connectivity index (χ0) is 16.4. The van der Waals surface area contributed by atoms with Gasteiger partial charge in [0.1, 0.15) is 0 Å². The van der Waals surface area contributed by atoms with E-state index in [-0.39, 0.29) is 24.2 Å². The fourth-order valence-corrected chi connectivity index (χ4v) is 4.98. The molecule has 1 aromatic carbocycles. The van der Waals surface area contributed by atoms with Gasteiger partial charge < -0.3 is 10.1 Å². The van der Waals surface area contributed by atoms with Crippen LogP contribution in [0.1, 0.15) is 41.6 Å². The number of hydrogen-bond donors (Lipinski definition) is 2. The summed E-state index contributed by atoms with van der Waals surface area (Å²) in [6.07, 6.45) is 3.95. The quantitative estimate of drug-likeness (QED) is 0.765. The minimum Gasteiger partial charge on any atom is -0.465 e. The van der Waals surface area contributed by atoms with Crippen molar-refractivity contribution in [3.63, 3.8) is 0 Å². The van der Waals surface area contributed by atoms with Crippen LogP contribution in [-0.2, 0) is 20.5 Å². The van der Waals surface area contributed by atoms with Crippen molar-refractivity contribution in [2.45, 2.75) is 49.6 Å². The van der Waals surface area contributed by atoms with E-state index in [0.717, 1.165) is 25.7 Å². The normalized spacial score (nSPS) is 25.8. The van der Waals surface area contributed by atoms with E-state index >= 15 is 0 Å². The van der Waals surface area contributed by atoms with Crippen molar-refractivity contribution in [3.8, 4) is 0 Å². The summed E-state index contributed by atoms with van der Waals surface area (Å²) in [6, 6.07) is 7.42. The second kappa shape index (κ2) is 7.82. The van der Waals surface area contributed by atoms with Gasteiger partial charge in [0.25, 0.3) is 0 Å². The Morgan fingerprint density at radius 1 is 1.29 bits per heavy atom. The van der Waals surface area contributed by atoms with Crippen LogP contribution in [0, 0.1) is 0 Å². The average molecular weight is 375 g/mol. The van der Waals surface area contributed by atoms with Gasteiger partial charge in [0.15, 0.2) is 0 Å². The lowest BCUT2D eigenvalue weighted by Crippen LogP contribution is -2.48. The van der Waals surface area contributed by atoms with E-state index in [1.807, 2.05) is 0 Å². The van der Waals surface area contributed by atoms with Gasteiger partial charge in [-0.15, -0.1) is 12.4 Å². The standard InChI is InChI=1S/C16H22N2O4S.ClH/c1-22-16(19)12-4-2-3-11(7-12)10-23(20,21)18-15-8-13-5-6-14(9-15)17-13;/h2-4,7,13-15,17-18H,5-6,8-10H2,1H3;1H. The van der Waals surface area contributed by atoms with Crippen molar-refractivity contribution in [3.05, 3.63) is 35.4 Å². The number of benzene rings is 1. The zero-order valence-corrected chi connectivity index (χ0v) is 15.2. The molecule has 2 aliphatic rings. The molecule has 2 aliphatic heterocycles. The summed E-state index contributed by atoms with van der Waals surface area (Å²) in [5.41, 5.74) is 0.942. The summed E-state index contributed by atoms with van der Waals surface area (Å²) < 4.78 is 32.3. The number of halogens is 1. The van der Waals surface area contributed by atoms with Crippen molar-refractivity contribution >= 4 is 28.4 Å². The van der Waals surface area contributed by atoms with Crippen LogP contribution >= 0.6 is 12.4 Å². The Hall–Kier alpha value is -1.15. The molecule has 0 amide bonds. The van der Waals surface area contributed by atoms with E-state index in [2.05, 4.69) is 14.8 Å². The number of esters is 1. The number of carbonyl (C=O) groups is 1. The Morgan fingerprint density at radius 3 is 2.58 bits per heavy atom. The van der Waals surface area contributed by atoms with Gasteiger partial charge in [0, 0.05) is 18.1 Å². The number of carbonyl (C=O) groups excluding carboxylic acids is 1. The van der Waals surface area contributed by atoms with Gasteiger partial charge in [-0.25, -0.2) is 17.9 Å². The van der Waals surface area contributed by atoms with Crippen molar-refractivity contribution in [1.29, 1.82) is 0 Å². The summed E-state index contributed by atoms with van der Waals surface area (Å²) >= 11 is 0. The first-order valence-electron chi connectivity index (χ1n) is 7.88. The molecule has 2 fully saturated rings. The number of fused-ring (bicyclic) bond motifs is 2. The number of ether oxygens (including phenoxy) is 1. The minimum absolute atomic E-state index is 0. The second-order valence-corrected chi connectivity index (χ2v) is 8.13. The Labute approximate surface area is 148 Å². The molecule has 1 aromatic rings. The lowest BCUT2D eigenvalue weighted by Gasteiger charge is -2.29. The van der Waals surface area contributed by atoms with E-state index < -0.39 is 16.0 Å². The molecule has 0 saturated carbocycles. The molecular weight excluding hydrogens is 352 g/mol. The number of piperidine rings is 1. The molecule has 2 atom stereocenters. The van der Waals surface area contributed by atoms with E-state index in [9.17, 15) is 13.2 Å². The van der Waals surface area contributed by atoms with Gasteiger partial charge in [-0.1, -0.05) is 12.1 Å². The number of rotatable bonds is 5. The summed E-state index contributed by atoms with van der Waals surface area (Å²) in [4.78, 5) is 11.5. The zero-order valence-electron chi connectivity index (χ0n) is 13.5. The Bertz CT molecular complexity index is 683. The van der Waals surface area contributed by atoms with Crippen LogP contribution in [0.25, 0.3) is 0 Å². The lowest BCUT2D eigenvalue weighted by atomic mass is 10.0. The summed E-state index contributed by atoms with van der Waals surface area (Å²) in [5.74, 6) is -0.593. The van der Waals surface area contributed by atoms with Crippen molar-refractivity contribution in [2.24, 2.45) is 0 Å². The molecule has 0 spiro atoms. The van der Waals surface area contributed by atoms with Crippen molar-refractivity contribution < 1.29 is 17.9 Å². The molecule has 2 bridgehead atoms. The first-order chi connectivity index (χ1) is 10.9. The number of nitrogens with one attached hydrogen (secondary N) is 2. The molecule has 134 valence electrons. The third kappa shape index (κ3) is 4.69. The summed E-state index contributed by atoms with van der Waals surface area (Å²) in [5, 5.41) is 3.50. The summed E-state index contributed by atoms with van der Waals surface area (Å²) in [7, 11) is -2.13. The highest BCUT2D eigenvalue weighted by molar-refractivity contribution is 7.88. The Kier molecular flexibility index (Phi) is 6.25. The molecule has 2 saturated heterocycles. The first kappa shape index (κ1) is 19.2. The smallest absolute Gasteiger partial charge is 0.337 e. The molecule has 0 aromatic heterocycles. The number of hydrogen-bond acceptors (Lipinski definition) is 5. The fourth-order valence-electron chi connectivity index (χ4n) is 3.57. The average Bonchev–Trinajstić information content (AvgIpc) is 2.84. The maximum absolute atomic E-state index is 12.4. The number of sulfonamides is 1. The first-order valence-corrected chi connectivity index (χ1v) is 9.54. The predicted octanol–water partition coefficient (Wildman–Crippen LogP) is 1.60. The molecule has 2 heterocycles. The highest BCUT2D eigenvalue weighted by Gasteiger charge is 2.35. The van der Waals surface area contributed by atoms with Crippen LogP contribution in [0.3, 0.4) is 0 Å². The molecule has 3 rings (SSSR count). The molecule has 2 N–H and O–H groups in total. The van der Waals surface area contributed by atoms with Crippen molar-refractivity contribution in [1.82, 2.24) is 10.0 Å². The minimum atomic E-state index is -3.43. The molecule has 24 heavy (non-hydrogen) atoms. The Morgan fingerprint density at radius 2 is 1.96 bits per heavy atom. The van der Waals surface area contributed by atoms with Gasteiger partial charge in [-0.05, 0) is 43.4 Å². The van der Waals surface area contributed by atoms with Crippen LogP contribution in [0.15, 0.2) is 24.3 Å². The van der Waals surface area contributed by atoms with Crippen LogP contribution in [0.4, 0.5) is 0 Å². The molecule has 0 aliphatic carbocycles.